The summed E-state index contributed by atoms with van der Waals surface area (Å²) in [6.07, 6.45) is -14.2. The highest BCUT2D eigenvalue weighted by Crippen LogP contribution is 2.39. The first-order valence-corrected chi connectivity index (χ1v) is 14.5. The van der Waals surface area contributed by atoms with Gasteiger partial charge in [-0.3, -0.25) is 14.4 Å². The van der Waals surface area contributed by atoms with E-state index in [0.29, 0.717) is 0 Å². The average molecular weight is 663 g/mol. The van der Waals surface area contributed by atoms with Crippen LogP contribution < -0.4 is 14.9 Å². The van der Waals surface area contributed by atoms with Crippen molar-refractivity contribution in [3.8, 4) is 34.3 Å². The van der Waals surface area contributed by atoms with Gasteiger partial charge in [-0.05, 0) is 38.1 Å². The monoisotopic (exact) mass is 662 g/mol. The largest absolute Gasteiger partial charge is 0.508 e. The van der Waals surface area contributed by atoms with Crippen LogP contribution in [0.4, 0.5) is 0 Å². The maximum Gasteiger partial charge on any atom is 0.303 e. The van der Waals surface area contributed by atoms with Crippen molar-refractivity contribution in [3.63, 3.8) is 0 Å². The van der Waals surface area contributed by atoms with Crippen LogP contribution in [0.1, 0.15) is 27.7 Å². The Hall–Kier alpha value is -4.45. The fourth-order valence-corrected chi connectivity index (χ4v) is 5.36. The van der Waals surface area contributed by atoms with E-state index in [1.165, 1.54) is 44.2 Å². The van der Waals surface area contributed by atoms with Crippen molar-refractivity contribution >= 4 is 22.9 Å². The molecule has 0 bridgehead atoms. The van der Waals surface area contributed by atoms with Gasteiger partial charge in [0.25, 0.3) is 0 Å². The normalized spacial score (nSPS) is 30.8. The summed E-state index contributed by atoms with van der Waals surface area (Å²) < 4.78 is 39.2. The molecule has 5 rings (SSSR count). The maximum atomic E-state index is 14.0. The minimum Gasteiger partial charge on any atom is -0.508 e. The Kier molecular flexibility index (Phi) is 9.63. The highest BCUT2D eigenvalue weighted by Gasteiger charge is 2.49. The maximum absolute atomic E-state index is 14.0. The van der Waals surface area contributed by atoms with Crippen molar-refractivity contribution in [2.75, 3.05) is 0 Å². The van der Waals surface area contributed by atoms with Crippen LogP contribution in [0.25, 0.3) is 22.3 Å². The minimum atomic E-state index is -1.79. The van der Waals surface area contributed by atoms with Gasteiger partial charge in [-0.15, -0.1) is 0 Å². The molecule has 1 aromatic heterocycles. The van der Waals surface area contributed by atoms with E-state index in [2.05, 4.69) is 0 Å². The molecule has 10 atom stereocenters. The molecular weight excluding hydrogens is 628 g/mol. The van der Waals surface area contributed by atoms with Gasteiger partial charge in [0.05, 0.1) is 12.2 Å². The number of esters is 2. The Balaban J connectivity index is 1.57. The molecule has 2 fully saturated rings. The first kappa shape index (κ1) is 33.9. The smallest absolute Gasteiger partial charge is 0.303 e. The molecule has 47 heavy (non-hydrogen) atoms. The molecule has 16 heteroatoms. The lowest BCUT2D eigenvalue weighted by atomic mass is 9.99. The SMILES string of the molecule is CC(=O)OC1C(C)OC(Oc2c(-c3ccc(O)cc3)oc3cc(OC4OC(C)C(O)C(O)C4O)cc(O)c3c2=O)C(O)C1OC(C)=O. The van der Waals surface area contributed by atoms with E-state index >= 15 is 0 Å². The van der Waals surface area contributed by atoms with Gasteiger partial charge in [-0.25, -0.2) is 0 Å². The molecule has 10 unspecified atom stereocenters. The second-order valence-corrected chi connectivity index (χ2v) is 11.2. The highest BCUT2D eigenvalue weighted by atomic mass is 16.7. The fraction of sp³-hybridized carbons (Fsp3) is 0.452. The lowest BCUT2D eigenvalue weighted by Gasteiger charge is -2.41. The highest BCUT2D eigenvalue weighted by molar-refractivity contribution is 5.88. The summed E-state index contributed by atoms with van der Waals surface area (Å²) in [7, 11) is 0. The Morgan fingerprint density at radius 1 is 0.745 bits per heavy atom. The third kappa shape index (κ3) is 6.83. The molecule has 2 aliphatic rings. The summed E-state index contributed by atoms with van der Waals surface area (Å²) in [5.74, 6) is -3.24. The van der Waals surface area contributed by atoms with Crippen LogP contribution >= 0.6 is 0 Å². The summed E-state index contributed by atoms with van der Waals surface area (Å²) in [6, 6.07) is 7.62. The van der Waals surface area contributed by atoms with E-state index in [9.17, 15) is 45.0 Å². The van der Waals surface area contributed by atoms with E-state index in [1.54, 1.807) is 0 Å². The second-order valence-electron chi connectivity index (χ2n) is 11.2. The molecule has 0 spiro atoms. The zero-order valence-electron chi connectivity index (χ0n) is 25.5. The predicted molar refractivity (Wildman–Crippen MR) is 156 cm³/mol. The number of aliphatic hydroxyl groups is 4. The summed E-state index contributed by atoms with van der Waals surface area (Å²) in [4.78, 5) is 37.5. The standard InChI is InChI=1S/C31H34O16/c1-11-21(36)23(38)24(39)30(41-11)45-17-9-18(35)20-19(10-17)46-27(15-5-7-16(34)8-6-15)28(22(20)37)47-31-25(40)29(44-14(4)33)26(12(2)42-31)43-13(3)32/h5-12,21,23-26,29-31,34-36,38-40H,1-4H3. The quantitative estimate of drug-likeness (QED) is 0.188. The van der Waals surface area contributed by atoms with Crippen molar-refractivity contribution in [2.24, 2.45) is 0 Å². The summed E-state index contributed by atoms with van der Waals surface area (Å²) in [5.41, 5.74) is -0.966. The number of ether oxygens (including phenoxy) is 6. The minimum absolute atomic E-state index is 0.110. The summed E-state index contributed by atoms with van der Waals surface area (Å²) in [5, 5.41) is 62.0. The summed E-state index contributed by atoms with van der Waals surface area (Å²) >= 11 is 0. The van der Waals surface area contributed by atoms with Crippen LogP contribution in [0.15, 0.2) is 45.6 Å². The molecule has 0 amide bonds. The van der Waals surface area contributed by atoms with Crippen molar-refractivity contribution in [1.29, 1.82) is 0 Å². The van der Waals surface area contributed by atoms with E-state index in [1.807, 2.05) is 0 Å². The van der Waals surface area contributed by atoms with E-state index < -0.39 is 95.7 Å². The van der Waals surface area contributed by atoms with Crippen molar-refractivity contribution in [3.05, 3.63) is 46.6 Å². The predicted octanol–water partition coefficient (Wildman–Crippen LogP) is 0.425. The molecule has 0 aliphatic carbocycles. The first-order chi connectivity index (χ1) is 22.2. The lowest BCUT2D eigenvalue weighted by Crippen LogP contribution is -2.61. The molecule has 254 valence electrons. The number of fused-ring (bicyclic) bond motifs is 1. The molecule has 2 aromatic carbocycles. The van der Waals surface area contributed by atoms with Gasteiger partial charge in [0.2, 0.25) is 23.8 Å². The fourth-order valence-electron chi connectivity index (χ4n) is 5.36. The molecule has 2 saturated heterocycles. The number of aromatic hydroxyl groups is 2. The third-order valence-electron chi connectivity index (χ3n) is 7.69. The third-order valence-corrected chi connectivity index (χ3v) is 7.69. The zero-order chi connectivity index (χ0) is 34.3. The lowest BCUT2D eigenvalue weighted by molar-refractivity contribution is -0.276. The molecular formula is C31H34O16. The van der Waals surface area contributed by atoms with Gasteiger partial charge < -0.3 is 63.5 Å². The van der Waals surface area contributed by atoms with Gasteiger partial charge in [-0.2, -0.15) is 0 Å². The molecule has 0 radical (unpaired) electrons. The summed E-state index contributed by atoms with van der Waals surface area (Å²) in [6.45, 7) is 5.13. The second kappa shape index (κ2) is 13.3. The van der Waals surface area contributed by atoms with E-state index in [-0.39, 0.29) is 28.4 Å². The van der Waals surface area contributed by atoms with Crippen LogP contribution in [-0.4, -0.2) is 104 Å². The van der Waals surface area contributed by atoms with Gasteiger partial charge in [-0.1, -0.05) is 0 Å². The van der Waals surface area contributed by atoms with E-state index in [0.717, 1.165) is 19.9 Å². The number of hydrogen-bond acceptors (Lipinski definition) is 16. The van der Waals surface area contributed by atoms with Crippen molar-refractivity contribution in [2.45, 2.75) is 89.1 Å². The van der Waals surface area contributed by atoms with Crippen LogP contribution in [-0.2, 0) is 28.5 Å². The number of rotatable bonds is 7. The van der Waals surface area contributed by atoms with Gasteiger partial charge in [0.1, 0.15) is 46.5 Å². The average Bonchev–Trinajstić information content (AvgIpc) is 3.00. The van der Waals surface area contributed by atoms with Gasteiger partial charge in [0.15, 0.2) is 24.1 Å². The zero-order valence-corrected chi connectivity index (χ0v) is 25.5. The van der Waals surface area contributed by atoms with Gasteiger partial charge in [0, 0.05) is 31.5 Å². The number of hydrogen-bond donors (Lipinski definition) is 6. The Labute approximate surface area is 266 Å². The Bertz CT molecular complexity index is 1690. The number of carbonyl (C=O) groups is 2. The van der Waals surface area contributed by atoms with Crippen LogP contribution in [0, 0.1) is 0 Å². The molecule has 16 nitrogen and oxygen atoms in total. The molecule has 3 aromatic rings. The Morgan fingerprint density at radius 2 is 1.34 bits per heavy atom. The first-order valence-electron chi connectivity index (χ1n) is 14.5. The van der Waals surface area contributed by atoms with Crippen LogP contribution in [0.5, 0.6) is 23.0 Å². The number of phenolic OH excluding ortho intramolecular Hbond substituents is 2. The molecule has 6 N–H and O–H groups in total. The number of carbonyl (C=O) groups excluding carboxylic acids is 2. The van der Waals surface area contributed by atoms with Crippen LogP contribution in [0.3, 0.4) is 0 Å². The van der Waals surface area contributed by atoms with Crippen molar-refractivity contribution < 1.29 is 73.1 Å². The number of benzene rings is 2. The van der Waals surface area contributed by atoms with Gasteiger partial charge >= 0.3 is 11.9 Å². The molecule has 2 aliphatic heterocycles. The molecule has 0 saturated carbocycles. The Morgan fingerprint density at radius 3 is 1.98 bits per heavy atom. The van der Waals surface area contributed by atoms with Crippen molar-refractivity contribution in [1.82, 2.24) is 0 Å². The molecule has 3 heterocycles. The van der Waals surface area contributed by atoms with Crippen LogP contribution in [0.2, 0.25) is 0 Å². The number of aliphatic hydroxyl groups excluding tert-OH is 4. The number of phenols is 2. The van der Waals surface area contributed by atoms with E-state index in [4.69, 9.17) is 32.8 Å². The topological polar surface area (TPSA) is 241 Å².